The highest BCUT2D eigenvalue weighted by molar-refractivity contribution is 5.32. The second-order valence-electron chi connectivity index (χ2n) is 5.95. The Morgan fingerprint density at radius 1 is 0.857 bits per heavy atom. The van der Waals surface area contributed by atoms with Gasteiger partial charge in [0.1, 0.15) is 0 Å². The molecule has 2 aromatic carbocycles. The second kappa shape index (κ2) is 7.96. The van der Waals surface area contributed by atoms with Crippen LogP contribution in [0.1, 0.15) is 24.0 Å². The first kappa shape index (κ1) is 15.7. The van der Waals surface area contributed by atoms with Crippen molar-refractivity contribution in [3.8, 4) is 0 Å². The van der Waals surface area contributed by atoms with Crippen LogP contribution in [0.3, 0.4) is 0 Å². The zero-order valence-electron chi connectivity index (χ0n) is 13.3. The van der Waals surface area contributed by atoms with Gasteiger partial charge in [0.15, 0.2) is 0 Å². The average Bonchev–Trinajstić information content (AvgIpc) is 2.49. The molecule has 21 heavy (non-hydrogen) atoms. The molecule has 0 amide bonds. The van der Waals surface area contributed by atoms with Gasteiger partial charge in [-0.1, -0.05) is 60.7 Å². The molecule has 2 heteroatoms. The normalized spacial score (nSPS) is 12.8. The van der Waals surface area contributed by atoms with E-state index in [2.05, 4.69) is 91.9 Å². The summed E-state index contributed by atoms with van der Waals surface area (Å²) in [7, 11) is 4.23. The summed E-state index contributed by atoms with van der Waals surface area (Å²) in [5.74, 6) is 0.400. The summed E-state index contributed by atoms with van der Waals surface area (Å²) in [5.41, 5.74) is 2.74. The molecule has 2 nitrogen and oxygen atoms in total. The van der Waals surface area contributed by atoms with Crippen molar-refractivity contribution in [3.63, 3.8) is 0 Å². The molecule has 2 rings (SSSR count). The zero-order valence-corrected chi connectivity index (χ0v) is 13.3. The van der Waals surface area contributed by atoms with Crippen molar-refractivity contribution in [1.82, 2.24) is 10.2 Å². The van der Waals surface area contributed by atoms with E-state index < -0.39 is 0 Å². The Balaban J connectivity index is 2.10. The average molecular weight is 282 g/mol. The largest absolute Gasteiger partial charge is 0.312 e. The van der Waals surface area contributed by atoms with Crippen molar-refractivity contribution in [2.45, 2.75) is 18.9 Å². The van der Waals surface area contributed by atoms with Gasteiger partial charge < -0.3 is 10.2 Å². The van der Waals surface area contributed by atoms with E-state index in [4.69, 9.17) is 0 Å². The van der Waals surface area contributed by atoms with E-state index >= 15 is 0 Å². The molecule has 0 spiro atoms. The molecule has 0 saturated carbocycles. The number of benzene rings is 2. The van der Waals surface area contributed by atoms with Gasteiger partial charge in [0.25, 0.3) is 0 Å². The fraction of sp³-hybridized carbons (Fsp3) is 0.368. The lowest BCUT2D eigenvalue weighted by Gasteiger charge is -2.23. The van der Waals surface area contributed by atoms with Crippen molar-refractivity contribution in [2.24, 2.45) is 0 Å². The van der Waals surface area contributed by atoms with Crippen LogP contribution >= 0.6 is 0 Å². The first-order chi connectivity index (χ1) is 10.2. The molecule has 0 aromatic heterocycles. The van der Waals surface area contributed by atoms with Crippen LogP contribution in [-0.2, 0) is 0 Å². The van der Waals surface area contributed by atoms with Crippen LogP contribution in [0, 0.1) is 0 Å². The van der Waals surface area contributed by atoms with Crippen LogP contribution in [0.5, 0.6) is 0 Å². The van der Waals surface area contributed by atoms with Crippen LogP contribution < -0.4 is 5.32 Å². The summed E-state index contributed by atoms with van der Waals surface area (Å²) in [4.78, 5) is 2.22. The van der Waals surface area contributed by atoms with Gasteiger partial charge >= 0.3 is 0 Å². The van der Waals surface area contributed by atoms with E-state index in [9.17, 15) is 0 Å². The lowest BCUT2D eigenvalue weighted by Crippen LogP contribution is -2.38. The van der Waals surface area contributed by atoms with E-state index in [0.717, 1.165) is 13.1 Å². The molecule has 0 fully saturated rings. The lowest BCUT2D eigenvalue weighted by molar-refractivity contribution is 0.348. The molecule has 0 saturated heterocycles. The van der Waals surface area contributed by atoms with Crippen LogP contribution in [0.15, 0.2) is 60.7 Å². The van der Waals surface area contributed by atoms with Crippen LogP contribution in [0.25, 0.3) is 0 Å². The van der Waals surface area contributed by atoms with E-state index in [1.54, 1.807) is 0 Å². The molecular formula is C19H26N2. The molecule has 0 radical (unpaired) electrons. The van der Waals surface area contributed by atoms with Gasteiger partial charge in [-0.15, -0.1) is 0 Å². The molecule has 0 heterocycles. The number of rotatable bonds is 7. The van der Waals surface area contributed by atoms with Gasteiger partial charge in [-0.2, -0.15) is 0 Å². The minimum atomic E-state index is 0.400. The quantitative estimate of drug-likeness (QED) is 0.837. The predicted octanol–water partition coefficient (Wildman–Crippen LogP) is 3.36. The van der Waals surface area contributed by atoms with E-state index in [1.165, 1.54) is 11.1 Å². The number of likely N-dealkylation sites (N-methyl/N-ethyl adjacent to an activating group) is 1. The minimum absolute atomic E-state index is 0.400. The summed E-state index contributed by atoms with van der Waals surface area (Å²) >= 11 is 0. The Bertz CT molecular complexity index is 468. The standard InChI is InChI=1S/C19H26N2/c1-16(15-21(2)3)20-14-19(17-10-6-4-7-11-17)18-12-8-5-9-13-18/h4-13,16,19-20H,14-15H2,1-3H3. The molecule has 1 N–H and O–H groups in total. The Kier molecular flexibility index (Phi) is 5.97. The Labute approximate surface area is 128 Å². The number of hydrogen-bond donors (Lipinski definition) is 1. The molecule has 0 aliphatic heterocycles. The van der Waals surface area contributed by atoms with Crippen LogP contribution in [0.2, 0.25) is 0 Å². The maximum absolute atomic E-state index is 3.67. The minimum Gasteiger partial charge on any atom is -0.312 e. The number of hydrogen-bond acceptors (Lipinski definition) is 2. The highest BCUT2D eigenvalue weighted by Gasteiger charge is 2.14. The molecule has 0 aliphatic carbocycles. The fourth-order valence-electron chi connectivity index (χ4n) is 2.73. The Hall–Kier alpha value is -1.64. The maximum atomic E-state index is 3.67. The van der Waals surface area contributed by atoms with Crippen molar-refractivity contribution in [3.05, 3.63) is 71.8 Å². The highest BCUT2D eigenvalue weighted by atomic mass is 15.1. The topological polar surface area (TPSA) is 15.3 Å². The maximum Gasteiger partial charge on any atom is 0.0214 e. The third-order valence-electron chi connectivity index (χ3n) is 3.71. The summed E-state index contributed by atoms with van der Waals surface area (Å²) in [6.45, 7) is 4.26. The molecule has 112 valence electrons. The molecule has 1 unspecified atom stereocenters. The second-order valence-corrected chi connectivity index (χ2v) is 5.95. The summed E-state index contributed by atoms with van der Waals surface area (Å²) < 4.78 is 0. The summed E-state index contributed by atoms with van der Waals surface area (Å²) in [5, 5.41) is 3.67. The Morgan fingerprint density at radius 2 is 1.33 bits per heavy atom. The molecule has 1 atom stereocenters. The SMILES string of the molecule is CC(CN(C)C)NCC(c1ccccc1)c1ccccc1. The summed E-state index contributed by atoms with van der Waals surface area (Å²) in [6.07, 6.45) is 0. The molecule has 0 bridgehead atoms. The van der Waals surface area contributed by atoms with Crippen LogP contribution in [-0.4, -0.2) is 38.1 Å². The number of nitrogens with one attached hydrogen (secondary N) is 1. The van der Waals surface area contributed by atoms with Gasteiger partial charge in [0.05, 0.1) is 0 Å². The van der Waals surface area contributed by atoms with Crippen molar-refractivity contribution in [1.29, 1.82) is 0 Å². The molecule has 2 aromatic rings. The number of nitrogens with zero attached hydrogens (tertiary/aromatic N) is 1. The van der Waals surface area contributed by atoms with Gasteiger partial charge in [-0.05, 0) is 32.1 Å². The van der Waals surface area contributed by atoms with E-state index in [-0.39, 0.29) is 0 Å². The smallest absolute Gasteiger partial charge is 0.0214 e. The third-order valence-corrected chi connectivity index (χ3v) is 3.71. The molecular weight excluding hydrogens is 256 g/mol. The van der Waals surface area contributed by atoms with Gasteiger partial charge in [-0.3, -0.25) is 0 Å². The Morgan fingerprint density at radius 3 is 1.76 bits per heavy atom. The van der Waals surface area contributed by atoms with Crippen molar-refractivity contribution in [2.75, 3.05) is 27.2 Å². The highest BCUT2D eigenvalue weighted by Crippen LogP contribution is 2.23. The van der Waals surface area contributed by atoms with Gasteiger partial charge in [-0.25, -0.2) is 0 Å². The van der Waals surface area contributed by atoms with Gasteiger partial charge in [0.2, 0.25) is 0 Å². The fourth-order valence-corrected chi connectivity index (χ4v) is 2.73. The monoisotopic (exact) mass is 282 g/mol. The van der Waals surface area contributed by atoms with Crippen molar-refractivity contribution < 1.29 is 0 Å². The van der Waals surface area contributed by atoms with E-state index in [0.29, 0.717) is 12.0 Å². The van der Waals surface area contributed by atoms with Crippen LogP contribution in [0.4, 0.5) is 0 Å². The predicted molar refractivity (Wildman–Crippen MR) is 90.7 cm³/mol. The first-order valence-corrected chi connectivity index (χ1v) is 7.65. The first-order valence-electron chi connectivity index (χ1n) is 7.65. The molecule has 0 aliphatic rings. The zero-order chi connectivity index (χ0) is 15.1. The summed E-state index contributed by atoms with van der Waals surface area (Å²) in [6, 6.07) is 22.0. The lowest BCUT2D eigenvalue weighted by atomic mass is 9.91. The van der Waals surface area contributed by atoms with Gasteiger partial charge in [0, 0.05) is 25.0 Å². The third kappa shape index (κ3) is 5.00. The van der Waals surface area contributed by atoms with E-state index in [1.807, 2.05) is 0 Å². The van der Waals surface area contributed by atoms with Crippen molar-refractivity contribution >= 4 is 0 Å².